The van der Waals surface area contributed by atoms with Crippen molar-refractivity contribution in [3.63, 3.8) is 0 Å². The SMILES string of the molecule is C/C(C#N)=C/c1ccccc1N. The van der Waals surface area contributed by atoms with Crippen molar-refractivity contribution in [3.05, 3.63) is 35.4 Å². The van der Waals surface area contributed by atoms with Crippen LogP contribution in [0.3, 0.4) is 0 Å². The third-order valence-electron chi connectivity index (χ3n) is 1.54. The topological polar surface area (TPSA) is 49.8 Å². The zero-order valence-electron chi connectivity index (χ0n) is 6.91. The molecular weight excluding hydrogens is 148 g/mol. The highest BCUT2D eigenvalue weighted by Crippen LogP contribution is 2.13. The molecule has 0 saturated carbocycles. The molecule has 0 aliphatic rings. The summed E-state index contributed by atoms with van der Waals surface area (Å²) in [5, 5.41) is 8.53. The van der Waals surface area contributed by atoms with Crippen molar-refractivity contribution in [2.24, 2.45) is 0 Å². The van der Waals surface area contributed by atoms with Crippen LogP contribution in [-0.4, -0.2) is 0 Å². The number of nitrogen functional groups attached to an aromatic ring is 1. The van der Waals surface area contributed by atoms with Gasteiger partial charge in [0, 0.05) is 11.3 Å². The molecule has 0 radical (unpaired) electrons. The van der Waals surface area contributed by atoms with E-state index in [0.717, 1.165) is 5.56 Å². The monoisotopic (exact) mass is 158 g/mol. The van der Waals surface area contributed by atoms with Crippen molar-refractivity contribution < 1.29 is 0 Å². The minimum absolute atomic E-state index is 0.660. The van der Waals surface area contributed by atoms with Crippen molar-refractivity contribution in [1.29, 1.82) is 5.26 Å². The molecule has 0 amide bonds. The predicted molar refractivity (Wildman–Crippen MR) is 50.1 cm³/mol. The first-order chi connectivity index (χ1) is 5.74. The number of nitrogens with zero attached hydrogens (tertiary/aromatic N) is 1. The fraction of sp³-hybridized carbons (Fsp3) is 0.100. The summed E-state index contributed by atoms with van der Waals surface area (Å²) in [6.07, 6.45) is 1.77. The smallest absolute Gasteiger partial charge is 0.0944 e. The van der Waals surface area contributed by atoms with E-state index in [1.54, 1.807) is 13.0 Å². The summed E-state index contributed by atoms with van der Waals surface area (Å²) in [6.45, 7) is 1.76. The number of anilines is 1. The van der Waals surface area contributed by atoms with Crippen LogP contribution in [0.25, 0.3) is 6.08 Å². The van der Waals surface area contributed by atoms with E-state index in [9.17, 15) is 0 Å². The Bertz CT molecular complexity index is 345. The molecule has 0 saturated heterocycles. The molecule has 0 bridgehead atoms. The molecule has 0 heterocycles. The molecule has 0 aliphatic carbocycles. The van der Waals surface area contributed by atoms with Crippen LogP contribution in [-0.2, 0) is 0 Å². The van der Waals surface area contributed by atoms with Gasteiger partial charge in [-0.15, -0.1) is 0 Å². The molecule has 0 aliphatic heterocycles. The summed E-state index contributed by atoms with van der Waals surface area (Å²) in [6, 6.07) is 9.51. The number of nitriles is 1. The molecule has 0 fully saturated rings. The Hall–Kier alpha value is -1.75. The van der Waals surface area contributed by atoms with Gasteiger partial charge in [-0.3, -0.25) is 0 Å². The van der Waals surface area contributed by atoms with Gasteiger partial charge in [0.15, 0.2) is 0 Å². The molecule has 2 N–H and O–H groups in total. The fourth-order valence-corrected chi connectivity index (χ4v) is 0.908. The second-order valence-corrected chi connectivity index (χ2v) is 2.57. The van der Waals surface area contributed by atoms with Gasteiger partial charge in [-0.25, -0.2) is 0 Å². The standard InChI is InChI=1S/C10H10N2/c1-8(7-11)6-9-4-2-3-5-10(9)12/h2-6H,12H2,1H3/b8-6-. The van der Waals surface area contributed by atoms with Gasteiger partial charge in [0.25, 0.3) is 0 Å². The number of rotatable bonds is 1. The molecule has 2 heteroatoms. The second-order valence-electron chi connectivity index (χ2n) is 2.57. The highest BCUT2D eigenvalue weighted by molar-refractivity contribution is 5.67. The van der Waals surface area contributed by atoms with Gasteiger partial charge in [0.1, 0.15) is 0 Å². The maximum Gasteiger partial charge on any atom is 0.0944 e. The van der Waals surface area contributed by atoms with Crippen molar-refractivity contribution in [3.8, 4) is 6.07 Å². The molecule has 0 unspecified atom stereocenters. The zero-order chi connectivity index (χ0) is 8.97. The lowest BCUT2D eigenvalue weighted by molar-refractivity contribution is 1.46. The van der Waals surface area contributed by atoms with Crippen molar-refractivity contribution >= 4 is 11.8 Å². The lowest BCUT2D eigenvalue weighted by Gasteiger charge is -1.97. The Morgan fingerprint density at radius 3 is 2.75 bits per heavy atom. The molecule has 1 rings (SSSR count). The number of hydrogen-bond acceptors (Lipinski definition) is 2. The number of nitrogens with two attached hydrogens (primary N) is 1. The molecule has 12 heavy (non-hydrogen) atoms. The molecule has 0 atom stereocenters. The Balaban J connectivity index is 3.06. The molecule has 2 nitrogen and oxygen atoms in total. The van der Waals surface area contributed by atoms with E-state index < -0.39 is 0 Å². The van der Waals surface area contributed by atoms with Crippen LogP contribution in [0.1, 0.15) is 12.5 Å². The first-order valence-electron chi connectivity index (χ1n) is 3.67. The van der Waals surface area contributed by atoms with Gasteiger partial charge in [0.2, 0.25) is 0 Å². The summed E-state index contributed by atoms with van der Waals surface area (Å²) in [5.41, 5.74) is 7.93. The lowest BCUT2D eigenvalue weighted by atomic mass is 10.1. The van der Waals surface area contributed by atoms with Crippen LogP contribution in [0, 0.1) is 11.3 Å². The summed E-state index contributed by atoms with van der Waals surface area (Å²) in [4.78, 5) is 0. The second kappa shape index (κ2) is 3.59. The summed E-state index contributed by atoms with van der Waals surface area (Å²) in [5.74, 6) is 0. The van der Waals surface area contributed by atoms with Gasteiger partial charge in [-0.1, -0.05) is 18.2 Å². The van der Waals surface area contributed by atoms with E-state index in [1.165, 1.54) is 0 Å². The van der Waals surface area contributed by atoms with Gasteiger partial charge in [-0.2, -0.15) is 5.26 Å². The van der Waals surface area contributed by atoms with Gasteiger partial charge >= 0.3 is 0 Å². The molecule has 0 aromatic heterocycles. The highest BCUT2D eigenvalue weighted by Gasteiger charge is 1.93. The maximum atomic E-state index is 8.53. The first kappa shape index (κ1) is 8.35. The third kappa shape index (κ3) is 1.86. The Morgan fingerprint density at radius 2 is 2.17 bits per heavy atom. The molecule has 1 aromatic rings. The Morgan fingerprint density at radius 1 is 1.50 bits per heavy atom. The molecule has 0 spiro atoms. The fourth-order valence-electron chi connectivity index (χ4n) is 0.908. The maximum absolute atomic E-state index is 8.53. The van der Waals surface area contributed by atoms with Crippen molar-refractivity contribution in [2.75, 3.05) is 5.73 Å². The van der Waals surface area contributed by atoms with E-state index in [-0.39, 0.29) is 0 Å². The normalized spacial score (nSPS) is 10.8. The van der Waals surface area contributed by atoms with Crippen LogP contribution < -0.4 is 5.73 Å². The van der Waals surface area contributed by atoms with Gasteiger partial charge in [0.05, 0.1) is 6.07 Å². The molecular formula is C10H10N2. The van der Waals surface area contributed by atoms with Crippen LogP contribution in [0.4, 0.5) is 5.69 Å². The first-order valence-corrected chi connectivity index (χ1v) is 3.67. The molecule has 1 aromatic carbocycles. The van der Waals surface area contributed by atoms with Crippen LogP contribution in [0.15, 0.2) is 29.8 Å². The van der Waals surface area contributed by atoms with E-state index in [2.05, 4.69) is 0 Å². The van der Waals surface area contributed by atoms with Crippen LogP contribution in [0.5, 0.6) is 0 Å². The molecule has 60 valence electrons. The van der Waals surface area contributed by atoms with E-state index in [4.69, 9.17) is 11.0 Å². The van der Waals surface area contributed by atoms with Crippen molar-refractivity contribution in [1.82, 2.24) is 0 Å². The number of allylic oxidation sites excluding steroid dienone is 1. The van der Waals surface area contributed by atoms with Crippen molar-refractivity contribution in [2.45, 2.75) is 6.92 Å². The Labute approximate surface area is 71.9 Å². The number of benzene rings is 1. The summed E-state index contributed by atoms with van der Waals surface area (Å²) < 4.78 is 0. The van der Waals surface area contributed by atoms with E-state index in [1.807, 2.05) is 30.3 Å². The average Bonchev–Trinajstić information content (AvgIpc) is 2.09. The van der Waals surface area contributed by atoms with Crippen LogP contribution >= 0.6 is 0 Å². The zero-order valence-corrected chi connectivity index (χ0v) is 6.91. The largest absolute Gasteiger partial charge is 0.398 e. The minimum Gasteiger partial charge on any atom is -0.398 e. The predicted octanol–water partition coefficient (Wildman–Crippen LogP) is 2.20. The quantitative estimate of drug-likeness (QED) is 0.503. The highest BCUT2D eigenvalue weighted by atomic mass is 14.5. The third-order valence-corrected chi connectivity index (χ3v) is 1.54. The average molecular weight is 158 g/mol. The van der Waals surface area contributed by atoms with Crippen LogP contribution in [0.2, 0.25) is 0 Å². The summed E-state index contributed by atoms with van der Waals surface area (Å²) >= 11 is 0. The lowest BCUT2D eigenvalue weighted by Crippen LogP contribution is -1.87. The van der Waals surface area contributed by atoms with Gasteiger partial charge < -0.3 is 5.73 Å². The summed E-state index contributed by atoms with van der Waals surface area (Å²) in [7, 11) is 0. The van der Waals surface area contributed by atoms with Gasteiger partial charge in [-0.05, 0) is 24.6 Å². The number of para-hydroxylation sites is 1. The minimum atomic E-state index is 0.660. The Kier molecular flexibility index (Phi) is 2.49. The van der Waals surface area contributed by atoms with E-state index >= 15 is 0 Å². The number of hydrogen-bond donors (Lipinski definition) is 1. The van der Waals surface area contributed by atoms with E-state index in [0.29, 0.717) is 11.3 Å².